The van der Waals surface area contributed by atoms with Crippen molar-refractivity contribution in [1.82, 2.24) is 24.9 Å². The first-order valence-electron chi connectivity index (χ1n) is 5.98. The lowest BCUT2D eigenvalue weighted by atomic mass is 10.4. The Labute approximate surface area is 106 Å². The zero-order valence-electron chi connectivity index (χ0n) is 10.4. The molecule has 2 rings (SSSR count). The minimum Gasteiger partial charge on any atom is -0.354 e. The number of hydrogen-bond donors (Lipinski definition) is 1. The first-order valence-corrected chi connectivity index (χ1v) is 5.98. The number of aryl methyl sites for hydroxylation is 2. The number of carbonyl (C=O) groups is 1. The molecule has 18 heavy (non-hydrogen) atoms. The van der Waals surface area contributed by atoms with Gasteiger partial charge >= 0.3 is 0 Å². The molecule has 1 amide bonds. The summed E-state index contributed by atoms with van der Waals surface area (Å²) in [7, 11) is 0. The predicted molar refractivity (Wildman–Crippen MR) is 66.8 cm³/mol. The van der Waals surface area contributed by atoms with Crippen LogP contribution in [-0.2, 0) is 17.9 Å². The van der Waals surface area contributed by atoms with Crippen molar-refractivity contribution in [2.75, 3.05) is 6.54 Å². The highest BCUT2D eigenvalue weighted by atomic mass is 16.2. The van der Waals surface area contributed by atoms with Crippen molar-refractivity contribution in [3.63, 3.8) is 0 Å². The number of nitrogens with one attached hydrogen (secondary N) is 1. The summed E-state index contributed by atoms with van der Waals surface area (Å²) in [6.07, 6.45) is 6.22. The van der Waals surface area contributed by atoms with E-state index in [2.05, 4.69) is 15.5 Å². The molecule has 1 N–H and O–H groups in total. The third kappa shape index (κ3) is 3.44. The Kier molecular flexibility index (Phi) is 4.11. The largest absolute Gasteiger partial charge is 0.354 e. The molecular formula is C12H17N5O. The lowest BCUT2D eigenvalue weighted by Crippen LogP contribution is -2.29. The topological polar surface area (TPSA) is 64.7 Å². The van der Waals surface area contributed by atoms with Crippen LogP contribution in [0.1, 0.15) is 12.1 Å². The van der Waals surface area contributed by atoms with E-state index in [1.165, 1.54) is 0 Å². The molecule has 2 aromatic heterocycles. The first-order chi connectivity index (χ1) is 8.75. The maximum atomic E-state index is 11.6. The van der Waals surface area contributed by atoms with Crippen molar-refractivity contribution in [3.05, 3.63) is 36.4 Å². The highest BCUT2D eigenvalue weighted by Gasteiger charge is 2.04. The first kappa shape index (κ1) is 12.3. The average molecular weight is 247 g/mol. The van der Waals surface area contributed by atoms with Crippen LogP contribution in [0, 0.1) is 6.92 Å². The van der Waals surface area contributed by atoms with Crippen molar-refractivity contribution in [2.45, 2.75) is 26.4 Å². The average Bonchev–Trinajstić information content (AvgIpc) is 2.98. The Morgan fingerprint density at radius 3 is 2.94 bits per heavy atom. The summed E-state index contributed by atoms with van der Waals surface area (Å²) < 4.78 is 3.53. The minimum absolute atomic E-state index is 0.0118. The van der Waals surface area contributed by atoms with Gasteiger partial charge in [-0.15, -0.1) is 0 Å². The van der Waals surface area contributed by atoms with E-state index in [-0.39, 0.29) is 12.5 Å². The van der Waals surface area contributed by atoms with E-state index in [4.69, 9.17) is 0 Å². The summed E-state index contributed by atoms with van der Waals surface area (Å²) in [5.74, 6) is -0.0118. The number of amides is 1. The number of hydrogen-bond acceptors (Lipinski definition) is 3. The fourth-order valence-electron chi connectivity index (χ4n) is 1.66. The van der Waals surface area contributed by atoms with Gasteiger partial charge in [0.15, 0.2) is 0 Å². The van der Waals surface area contributed by atoms with E-state index in [1.54, 1.807) is 17.1 Å². The molecule has 2 heterocycles. The molecule has 6 nitrogen and oxygen atoms in total. The Bertz CT molecular complexity index is 488. The molecule has 2 aromatic rings. The molecule has 0 aromatic carbocycles. The molecule has 0 aliphatic heterocycles. The summed E-state index contributed by atoms with van der Waals surface area (Å²) in [5.41, 5.74) is 0.988. The van der Waals surface area contributed by atoms with Gasteiger partial charge in [-0.1, -0.05) is 0 Å². The zero-order chi connectivity index (χ0) is 12.8. The normalized spacial score (nSPS) is 10.5. The highest BCUT2D eigenvalue weighted by Crippen LogP contribution is 1.95. The maximum absolute atomic E-state index is 11.6. The quantitative estimate of drug-likeness (QED) is 0.760. The van der Waals surface area contributed by atoms with Gasteiger partial charge in [0.2, 0.25) is 5.91 Å². The highest BCUT2D eigenvalue weighted by molar-refractivity contribution is 5.75. The number of rotatable bonds is 6. The van der Waals surface area contributed by atoms with Crippen LogP contribution >= 0.6 is 0 Å². The molecule has 96 valence electrons. The summed E-state index contributed by atoms with van der Waals surface area (Å²) in [6, 6.07) is 3.77. The fourth-order valence-corrected chi connectivity index (χ4v) is 1.66. The number of nitrogens with zero attached hydrogens (tertiary/aromatic N) is 4. The third-order valence-corrected chi connectivity index (χ3v) is 2.67. The molecule has 0 saturated heterocycles. The van der Waals surface area contributed by atoms with Gasteiger partial charge in [0, 0.05) is 37.4 Å². The second-order valence-corrected chi connectivity index (χ2v) is 4.10. The van der Waals surface area contributed by atoms with Gasteiger partial charge in [-0.3, -0.25) is 14.2 Å². The van der Waals surface area contributed by atoms with Gasteiger partial charge in [-0.25, -0.2) is 0 Å². The summed E-state index contributed by atoms with van der Waals surface area (Å²) >= 11 is 0. The van der Waals surface area contributed by atoms with Crippen molar-refractivity contribution < 1.29 is 4.79 Å². The Morgan fingerprint density at radius 1 is 1.39 bits per heavy atom. The van der Waals surface area contributed by atoms with Gasteiger partial charge in [0.05, 0.1) is 0 Å². The molecule has 0 aliphatic rings. The van der Waals surface area contributed by atoms with Crippen LogP contribution < -0.4 is 5.32 Å². The van der Waals surface area contributed by atoms with Gasteiger partial charge < -0.3 is 5.32 Å². The summed E-state index contributed by atoms with van der Waals surface area (Å²) in [4.78, 5) is 11.6. The molecule has 0 atom stereocenters. The Morgan fingerprint density at radius 2 is 2.28 bits per heavy atom. The molecule has 0 bridgehead atoms. The lowest BCUT2D eigenvalue weighted by molar-refractivity contribution is -0.121. The van der Waals surface area contributed by atoms with Crippen molar-refractivity contribution in [3.8, 4) is 0 Å². The van der Waals surface area contributed by atoms with Crippen LogP contribution in [-0.4, -0.2) is 32.0 Å². The van der Waals surface area contributed by atoms with Crippen LogP contribution in [0.3, 0.4) is 0 Å². The van der Waals surface area contributed by atoms with Gasteiger partial charge in [0.1, 0.15) is 6.54 Å². The fraction of sp³-hybridized carbons (Fsp3) is 0.417. The standard InChI is InChI=1S/C12H17N5O/c1-11-4-7-15-17(11)10-12(18)13-5-2-8-16-9-3-6-14-16/h3-4,6-7,9H,2,5,8,10H2,1H3,(H,13,18). The second-order valence-electron chi connectivity index (χ2n) is 4.10. The molecule has 0 radical (unpaired) electrons. The molecular weight excluding hydrogens is 230 g/mol. The van der Waals surface area contributed by atoms with E-state index < -0.39 is 0 Å². The van der Waals surface area contributed by atoms with Crippen LogP contribution in [0.15, 0.2) is 30.7 Å². The van der Waals surface area contributed by atoms with Gasteiger partial charge in [0.25, 0.3) is 0 Å². The van der Waals surface area contributed by atoms with E-state index in [0.29, 0.717) is 6.54 Å². The molecule has 0 spiro atoms. The van der Waals surface area contributed by atoms with E-state index in [9.17, 15) is 4.79 Å². The van der Waals surface area contributed by atoms with Crippen LogP contribution in [0.2, 0.25) is 0 Å². The van der Waals surface area contributed by atoms with Crippen LogP contribution in [0.4, 0.5) is 0 Å². The monoisotopic (exact) mass is 247 g/mol. The van der Waals surface area contributed by atoms with Gasteiger partial charge in [-0.05, 0) is 25.5 Å². The number of carbonyl (C=O) groups excluding carboxylic acids is 1. The molecule has 0 unspecified atom stereocenters. The van der Waals surface area contributed by atoms with E-state index in [0.717, 1.165) is 18.7 Å². The number of aromatic nitrogens is 4. The lowest BCUT2D eigenvalue weighted by Gasteiger charge is -2.06. The molecule has 0 aliphatic carbocycles. The van der Waals surface area contributed by atoms with Gasteiger partial charge in [-0.2, -0.15) is 10.2 Å². The van der Waals surface area contributed by atoms with E-state index >= 15 is 0 Å². The third-order valence-electron chi connectivity index (χ3n) is 2.67. The van der Waals surface area contributed by atoms with Crippen molar-refractivity contribution in [1.29, 1.82) is 0 Å². The molecule has 6 heteroatoms. The minimum atomic E-state index is -0.0118. The molecule has 0 fully saturated rings. The Hall–Kier alpha value is -2.11. The van der Waals surface area contributed by atoms with Crippen molar-refractivity contribution in [2.24, 2.45) is 0 Å². The van der Waals surface area contributed by atoms with E-state index in [1.807, 2.05) is 29.9 Å². The summed E-state index contributed by atoms with van der Waals surface area (Å²) in [5, 5.41) is 11.0. The Balaban J connectivity index is 1.65. The SMILES string of the molecule is Cc1ccnn1CC(=O)NCCCn1cccn1. The zero-order valence-corrected chi connectivity index (χ0v) is 10.4. The molecule has 0 saturated carbocycles. The smallest absolute Gasteiger partial charge is 0.241 e. The predicted octanol–water partition coefficient (Wildman–Crippen LogP) is 0.595. The van der Waals surface area contributed by atoms with Crippen molar-refractivity contribution >= 4 is 5.91 Å². The summed E-state index contributed by atoms with van der Waals surface area (Å²) in [6.45, 7) is 3.67. The second kappa shape index (κ2) is 6.00. The van der Waals surface area contributed by atoms with Crippen LogP contribution in [0.25, 0.3) is 0 Å². The maximum Gasteiger partial charge on any atom is 0.241 e. The van der Waals surface area contributed by atoms with Crippen LogP contribution in [0.5, 0.6) is 0 Å².